The molecule has 0 radical (unpaired) electrons. The van der Waals surface area contributed by atoms with E-state index >= 15 is 0 Å². The van der Waals surface area contributed by atoms with Crippen molar-refractivity contribution in [1.29, 1.82) is 0 Å². The maximum atomic E-state index is 12.4. The summed E-state index contributed by atoms with van der Waals surface area (Å²) < 4.78 is 0. The Morgan fingerprint density at radius 1 is 1.38 bits per heavy atom. The van der Waals surface area contributed by atoms with Gasteiger partial charge in [0.2, 0.25) is 0 Å². The third kappa shape index (κ3) is 3.74. The second-order valence-corrected chi connectivity index (χ2v) is 6.45. The first kappa shape index (κ1) is 17.7. The van der Waals surface area contributed by atoms with Crippen molar-refractivity contribution in [2.24, 2.45) is 5.92 Å². The fraction of sp³-hybridized carbons (Fsp3) is 0.333. The number of H-pyrrole nitrogens is 1. The standard InChI is InChI=1S/C18H20N4O4/c1-12-9-15(16(22(25)26)18(24)20-12)17(23)19-10-13-7-8-21(11-13)14-5-3-2-4-6-14/h2-6,9,13H,7-8,10-11H2,1H3,(H,19,23)(H,20,24)/t13-/m1/s1. The number of amides is 1. The molecule has 0 unspecified atom stereocenters. The fourth-order valence-electron chi connectivity index (χ4n) is 3.24. The van der Waals surface area contributed by atoms with Crippen LogP contribution in [0.3, 0.4) is 0 Å². The van der Waals surface area contributed by atoms with Gasteiger partial charge in [0.15, 0.2) is 0 Å². The van der Waals surface area contributed by atoms with E-state index in [9.17, 15) is 19.7 Å². The molecule has 2 heterocycles. The first-order valence-corrected chi connectivity index (χ1v) is 8.42. The smallest absolute Gasteiger partial charge is 0.346 e. The lowest BCUT2D eigenvalue weighted by molar-refractivity contribution is -0.386. The number of nitrogens with zero attached hydrogens (tertiary/aromatic N) is 2. The highest BCUT2D eigenvalue weighted by Crippen LogP contribution is 2.23. The number of pyridine rings is 1. The zero-order chi connectivity index (χ0) is 18.7. The third-order valence-corrected chi connectivity index (χ3v) is 4.53. The molecular weight excluding hydrogens is 336 g/mol. The Bertz CT molecular complexity index is 879. The second-order valence-electron chi connectivity index (χ2n) is 6.45. The summed E-state index contributed by atoms with van der Waals surface area (Å²) in [5, 5.41) is 13.9. The Hall–Kier alpha value is -3.16. The Morgan fingerprint density at radius 2 is 2.12 bits per heavy atom. The van der Waals surface area contributed by atoms with Gasteiger partial charge < -0.3 is 15.2 Å². The van der Waals surface area contributed by atoms with Crippen molar-refractivity contribution in [3.8, 4) is 0 Å². The monoisotopic (exact) mass is 356 g/mol. The number of hydrogen-bond donors (Lipinski definition) is 2. The molecule has 1 aliphatic heterocycles. The van der Waals surface area contributed by atoms with Gasteiger partial charge in [0.1, 0.15) is 5.56 Å². The van der Waals surface area contributed by atoms with Crippen LogP contribution in [0, 0.1) is 23.0 Å². The first-order chi connectivity index (χ1) is 12.5. The number of hydrogen-bond acceptors (Lipinski definition) is 5. The predicted octanol–water partition coefficient (Wildman–Crippen LogP) is 1.85. The van der Waals surface area contributed by atoms with Crippen molar-refractivity contribution < 1.29 is 9.72 Å². The van der Waals surface area contributed by atoms with Crippen molar-refractivity contribution in [2.75, 3.05) is 24.5 Å². The number of aromatic amines is 1. The maximum absolute atomic E-state index is 12.4. The van der Waals surface area contributed by atoms with E-state index < -0.39 is 22.1 Å². The molecule has 0 aliphatic carbocycles. The lowest BCUT2D eigenvalue weighted by Crippen LogP contribution is -2.32. The van der Waals surface area contributed by atoms with Crippen LogP contribution in [0.2, 0.25) is 0 Å². The predicted molar refractivity (Wildman–Crippen MR) is 97.5 cm³/mol. The minimum absolute atomic E-state index is 0.200. The minimum Gasteiger partial charge on any atom is -0.371 e. The summed E-state index contributed by atoms with van der Waals surface area (Å²) in [6.45, 7) is 3.69. The molecular formula is C18H20N4O4. The lowest BCUT2D eigenvalue weighted by Gasteiger charge is -2.18. The van der Waals surface area contributed by atoms with Crippen molar-refractivity contribution in [3.05, 3.63) is 68.1 Å². The van der Waals surface area contributed by atoms with Gasteiger partial charge in [0.25, 0.3) is 5.91 Å². The number of carbonyl (C=O) groups is 1. The average molecular weight is 356 g/mol. The van der Waals surface area contributed by atoms with Crippen LogP contribution in [-0.4, -0.2) is 35.4 Å². The van der Waals surface area contributed by atoms with Crippen LogP contribution in [-0.2, 0) is 0 Å². The van der Waals surface area contributed by atoms with Crippen LogP contribution in [0.4, 0.5) is 11.4 Å². The van der Waals surface area contributed by atoms with E-state index in [-0.39, 0.29) is 11.5 Å². The minimum atomic E-state index is -0.865. The summed E-state index contributed by atoms with van der Waals surface area (Å²) in [5.74, 6) is -0.342. The van der Waals surface area contributed by atoms with E-state index in [1.165, 1.54) is 6.07 Å². The number of rotatable bonds is 5. The van der Waals surface area contributed by atoms with E-state index in [0.717, 1.165) is 25.2 Å². The van der Waals surface area contributed by atoms with E-state index in [1.54, 1.807) is 6.92 Å². The van der Waals surface area contributed by atoms with Crippen molar-refractivity contribution in [3.63, 3.8) is 0 Å². The molecule has 0 saturated carbocycles. The highest BCUT2D eigenvalue weighted by molar-refractivity contribution is 5.98. The summed E-state index contributed by atoms with van der Waals surface area (Å²) in [6.07, 6.45) is 0.922. The van der Waals surface area contributed by atoms with E-state index in [2.05, 4.69) is 15.2 Å². The molecule has 26 heavy (non-hydrogen) atoms. The summed E-state index contributed by atoms with van der Waals surface area (Å²) in [7, 11) is 0. The van der Waals surface area contributed by atoms with Crippen LogP contribution >= 0.6 is 0 Å². The molecule has 1 amide bonds. The first-order valence-electron chi connectivity index (χ1n) is 8.42. The zero-order valence-electron chi connectivity index (χ0n) is 14.4. The topological polar surface area (TPSA) is 108 Å². The molecule has 1 aromatic carbocycles. The van der Waals surface area contributed by atoms with Crippen LogP contribution in [0.1, 0.15) is 22.5 Å². The van der Waals surface area contributed by atoms with Gasteiger partial charge in [0.05, 0.1) is 4.92 Å². The van der Waals surface area contributed by atoms with Gasteiger partial charge in [-0.2, -0.15) is 0 Å². The number of benzene rings is 1. The number of aromatic nitrogens is 1. The van der Waals surface area contributed by atoms with Gasteiger partial charge in [-0.3, -0.25) is 19.7 Å². The lowest BCUT2D eigenvalue weighted by atomic mass is 10.1. The average Bonchev–Trinajstić information content (AvgIpc) is 3.08. The third-order valence-electron chi connectivity index (χ3n) is 4.53. The molecule has 8 nitrogen and oxygen atoms in total. The highest BCUT2D eigenvalue weighted by Gasteiger charge is 2.27. The number of para-hydroxylation sites is 1. The zero-order valence-corrected chi connectivity index (χ0v) is 14.4. The molecule has 136 valence electrons. The molecule has 2 aromatic rings. The van der Waals surface area contributed by atoms with Gasteiger partial charge in [0, 0.05) is 31.0 Å². The molecule has 1 fully saturated rings. The van der Waals surface area contributed by atoms with Gasteiger partial charge in [-0.1, -0.05) is 18.2 Å². The Morgan fingerprint density at radius 3 is 2.81 bits per heavy atom. The number of anilines is 1. The van der Waals surface area contributed by atoms with Gasteiger partial charge in [-0.25, -0.2) is 0 Å². The Labute approximate surface area is 150 Å². The number of nitro groups is 1. The van der Waals surface area contributed by atoms with Crippen molar-refractivity contribution in [2.45, 2.75) is 13.3 Å². The molecule has 1 aromatic heterocycles. The molecule has 8 heteroatoms. The second kappa shape index (κ2) is 7.38. The van der Waals surface area contributed by atoms with Crippen LogP contribution in [0.5, 0.6) is 0 Å². The summed E-state index contributed by atoms with van der Waals surface area (Å²) in [6, 6.07) is 11.4. The number of aryl methyl sites for hydroxylation is 1. The molecule has 1 aliphatic rings. The van der Waals surface area contributed by atoms with Gasteiger partial charge in [-0.05, 0) is 37.5 Å². The highest BCUT2D eigenvalue weighted by atomic mass is 16.6. The summed E-state index contributed by atoms with van der Waals surface area (Å²) in [5.41, 5.74) is -0.236. The largest absolute Gasteiger partial charge is 0.371 e. The normalized spacial score (nSPS) is 16.5. The van der Waals surface area contributed by atoms with Gasteiger partial charge >= 0.3 is 11.2 Å². The molecule has 0 bridgehead atoms. The summed E-state index contributed by atoms with van der Waals surface area (Å²) in [4.78, 5) is 39.1. The number of carbonyl (C=O) groups excluding carboxylic acids is 1. The molecule has 1 saturated heterocycles. The van der Waals surface area contributed by atoms with E-state index in [4.69, 9.17) is 0 Å². The van der Waals surface area contributed by atoms with Gasteiger partial charge in [-0.15, -0.1) is 0 Å². The van der Waals surface area contributed by atoms with Crippen molar-refractivity contribution in [1.82, 2.24) is 10.3 Å². The van der Waals surface area contributed by atoms with Crippen LogP contribution in [0.25, 0.3) is 0 Å². The quantitative estimate of drug-likeness (QED) is 0.628. The van der Waals surface area contributed by atoms with Crippen molar-refractivity contribution >= 4 is 17.3 Å². The van der Waals surface area contributed by atoms with E-state index in [1.807, 2.05) is 30.3 Å². The van der Waals surface area contributed by atoms with Crippen LogP contribution < -0.4 is 15.8 Å². The Kier molecular flexibility index (Phi) is 5.01. The Balaban J connectivity index is 1.65. The molecule has 0 spiro atoms. The SMILES string of the molecule is Cc1cc(C(=O)NC[C@H]2CCN(c3ccccc3)C2)c([N+](=O)[O-])c(=O)[nH]1. The summed E-state index contributed by atoms with van der Waals surface area (Å²) >= 11 is 0. The number of nitrogens with one attached hydrogen (secondary N) is 2. The van der Waals surface area contributed by atoms with E-state index in [0.29, 0.717) is 12.2 Å². The molecule has 1 atom stereocenters. The fourth-order valence-corrected chi connectivity index (χ4v) is 3.24. The van der Waals surface area contributed by atoms with Crippen LogP contribution in [0.15, 0.2) is 41.2 Å². The maximum Gasteiger partial charge on any atom is 0.346 e. The molecule has 2 N–H and O–H groups in total. The molecule has 3 rings (SSSR count).